The zero-order valence-electron chi connectivity index (χ0n) is 22.5. The van der Waals surface area contributed by atoms with Crippen molar-refractivity contribution in [3.63, 3.8) is 0 Å². The van der Waals surface area contributed by atoms with Crippen molar-refractivity contribution < 1.29 is 46.7 Å². The minimum atomic E-state index is -4.63. The number of aliphatic hydroxyl groups is 2. The first kappa shape index (κ1) is 32.2. The van der Waals surface area contributed by atoms with E-state index in [1.165, 1.54) is 30.4 Å². The van der Waals surface area contributed by atoms with Crippen LogP contribution in [-0.2, 0) is 24.4 Å². The third-order valence-corrected chi connectivity index (χ3v) is 11.2. The van der Waals surface area contributed by atoms with Gasteiger partial charge in [0, 0.05) is 22.7 Å². The van der Waals surface area contributed by atoms with Crippen molar-refractivity contribution in [1.29, 1.82) is 0 Å². The van der Waals surface area contributed by atoms with E-state index in [9.17, 15) is 37.6 Å². The van der Waals surface area contributed by atoms with Crippen LogP contribution in [0.1, 0.15) is 56.8 Å². The molecule has 0 heterocycles. The summed E-state index contributed by atoms with van der Waals surface area (Å²) >= 11 is 0. The Kier molecular flexibility index (Phi) is 8.22. The van der Waals surface area contributed by atoms with Gasteiger partial charge in [0.1, 0.15) is 6.61 Å². The number of carbonyl (C=O) groups is 3. The van der Waals surface area contributed by atoms with Crippen molar-refractivity contribution in [3.05, 3.63) is 53.6 Å². The molecule has 1 aromatic carbocycles. The number of ether oxygens (including phenoxy) is 1. The van der Waals surface area contributed by atoms with Gasteiger partial charge in [-0.15, -0.1) is 0 Å². The number of ketones is 2. The molecule has 0 aliphatic heterocycles. The van der Waals surface area contributed by atoms with Crippen molar-refractivity contribution >= 4 is 57.2 Å². The molecule has 4 aliphatic rings. The molecule has 1 aromatic rings. The number of hydrogen-bond acceptors (Lipinski definition) is 8. The van der Waals surface area contributed by atoms with Crippen LogP contribution in [-0.4, -0.2) is 94.3 Å². The Morgan fingerprint density at radius 1 is 1.20 bits per heavy atom. The van der Waals surface area contributed by atoms with Crippen molar-refractivity contribution in [2.75, 3.05) is 6.61 Å². The molecule has 0 amide bonds. The minimum absolute atomic E-state index is 0. The van der Waals surface area contributed by atoms with Gasteiger partial charge < -0.3 is 14.9 Å². The van der Waals surface area contributed by atoms with Crippen LogP contribution in [0.3, 0.4) is 0 Å². The molecule has 0 aromatic heterocycles. The van der Waals surface area contributed by atoms with Crippen molar-refractivity contribution in [2.45, 2.75) is 68.7 Å². The second-order valence-corrected chi connectivity index (χ2v) is 13.5. The average molecular weight is 601 g/mol. The van der Waals surface area contributed by atoms with Crippen LogP contribution >= 0.6 is 0 Å². The van der Waals surface area contributed by atoms with E-state index in [-0.39, 0.29) is 53.7 Å². The average Bonchev–Trinajstić information content (AvgIpc) is 3.11. The van der Waals surface area contributed by atoms with Gasteiger partial charge in [-0.3, -0.25) is 14.1 Å². The Morgan fingerprint density at radius 3 is 2.51 bits per heavy atom. The predicted molar refractivity (Wildman–Crippen MR) is 147 cm³/mol. The molecule has 41 heavy (non-hydrogen) atoms. The van der Waals surface area contributed by atoms with Crippen LogP contribution in [0.15, 0.2) is 53.0 Å². The van der Waals surface area contributed by atoms with Gasteiger partial charge in [-0.25, -0.2) is 9.18 Å². The van der Waals surface area contributed by atoms with E-state index in [0.29, 0.717) is 18.4 Å². The second-order valence-electron chi connectivity index (χ2n) is 12.1. The number of carbonyl (C=O) groups excluding carboxylic acids is 3. The first-order valence-electron chi connectivity index (χ1n) is 13.3. The van der Waals surface area contributed by atoms with Gasteiger partial charge in [-0.2, -0.15) is 8.42 Å². The van der Waals surface area contributed by atoms with Gasteiger partial charge in [0.2, 0.25) is 5.78 Å². The summed E-state index contributed by atoms with van der Waals surface area (Å²) < 4.78 is 56.1. The summed E-state index contributed by atoms with van der Waals surface area (Å²) in [5.41, 5.74) is -6.27. The molecule has 3 fully saturated rings. The van der Waals surface area contributed by atoms with Crippen LogP contribution in [0, 0.1) is 28.6 Å². The molecular weight excluding hydrogens is 566 g/mol. The number of halogens is 1. The van der Waals surface area contributed by atoms with Crippen molar-refractivity contribution in [3.8, 4) is 0 Å². The van der Waals surface area contributed by atoms with Crippen molar-refractivity contribution in [2.24, 2.45) is 28.6 Å². The zero-order valence-corrected chi connectivity index (χ0v) is 23.3. The van der Waals surface area contributed by atoms with E-state index >= 15 is 4.39 Å². The standard InChI is InChI=1S/C29H33FO9S.Na.H/c1-16-11-22-21-8-7-18-13-19(32)9-10-26(18,2)28(21,30)23(33)14-27(22,3)29(16,24(34)15-31)39-25(35)17-5-4-6-20(12-17)40(36,37)38;;/h4-6,9-10,12-13,16,21-23,31,33H,7-8,11,14-15H2,1-3H3,(H,36,37,38);;/t16-,21+,22+,23+,26+,27+,28+,29+;;/m1../s1. The topological polar surface area (TPSA) is 155 Å². The first-order valence-corrected chi connectivity index (χ1v) is 14.8. The Bertz CT molecular complexity index is 1470. The maximum absolute atomic E-state index is 17.4. The second kappa shape index (κ2) is 10.5. The first-order chi connectivity index (χ1) is 18.6. The van der Waals surface area contributed by atoms with E-state index in [1.807, 2.05) is 0 Å². The van der Waals surface area contributed by atoms with E-state index < -0.39 is 79.3 Å². The van der Waals surface area contributed by atoms with Gasteiger partial charge in [-0.1, -0.05) is 31.6 Å². The summed E-state index contributed by atoms with van der Waals surface area (Å²) in [7, 11) is -4.63. The number of Topliss-reactive ketones (excluding diaryl/α,β-unsaturated/α-hetero) is 1. The van der Waals surface area contributed by atoms with Crippen LogP contribution in [0.4, 0.5) is 4.39 Å². The summed E-state index contributed by atoms with van der Waals surface area (Å²) in [5.74, 6) is -4.06. The third-order valence-electron chi connectivity index (χ3n) is 10.4. The molecule has 0 saturated heterocycles. The molecular formula is C29H34FNaO9S. The molecule has 3 N–H and O–H groups in total. The quantitative estimate of drug-likeness (QED) is 0.262. The van der Waals surface area contributed by atoms with Gasteiger partial charge in [0.05, 0.1) is 16.6 Å². The molecule has 0 bridgehead atoms. The number of rotatable bonds is 5. The third kappa shape index (κ3) is 4.38. The number of aliphatic hydroxyl groups excluding tert-OH is 2. The van der Waals surface area contributed by atoms with E-state index in [2.05, 4.69) is 0 Å². The Morgan fingerprint density at radius 2 is 1.88 bits per heavy atom. The van der Waals surface area contributed by atoms with Crippen LogP contribution in [0.2, 0.25) is 0 Å². The maximum atomic E-state index is 17.4. The van der Waals surface area contributed by atoms with Gasteiger partial charge >= 0.3 is 35.5 Å². The Balaban J connectivity index is 0.00000387. The van der Waals surface area contributed by atoms with E-state index in [4.69, 9.17) is 4.74 Å². The zero-order chi connectivity index (χ0) is 29.5. The Labute approximate surface area is 260 Å². The van der Waals surface area contributed by atoms with Crippen LogP contribution < -0.4 is 0 Å². The molecule has 218 valence electrons. The normalized spacial score (nSPS) is 39.5. The molecule has 8 atom stereocenters. The number of benzene rings is 1. The number of alkyl halides is 1. The SMILES string of the molecule is C[C@@H]1C[C@H]2[C@@H]3CCC4=CC(=O)C=C[C@]4(C)[C@@]3(F)[C@@H](O)C[C@]2(C)[C@@]1(OC(=O)c1cccc(S(=O)(=O)O)c1)C(=O)CO.[NaH]. The summed E-state index contributed by atoms with van der Waals surface area (Å²) in [6, 6.07) is 4.51. The monoisotopic (exact) mass is 600 g/mol. The molecule has 12 heteroatoms. The fourth-order valence-corrected chi connectivity index (χ4v) is 9.03. The molecule has 5 rings (SSSR count). The van der Waals surface area contributed by atoms with Gasteiger partial charge in [-0.05, 0) is 68.9 Å². The number of allylic oxidation sites excluding steroid dienone is 4. The molecule has 0 unspecified atom stereocenters. The van der Waals surface area contributed by atoms with E-state index in [1.54, 1.807) is 20.8 Å². The Hall–Kier alpha value is -1.73. The number of fused-ring (bicyclic) bond motifs is 5. The van der Waals surface area contributed by atoms with E-state index in [0.717, 1.165) is 12.1 Å². The fourth-order valence-electron chi connectivity index (χ4n) is 8.50. The molecule has 4 aliphatic carbocycles. The molecule has 9 nitrogen and oxygen atoms in total. The summed E-state index contributed by atoms with van der Waals surface area (Å²) in [5, 5.41) is 21.6. The summed E-state index contributed by atoms with van der Waals surface area (Å²) in [4.78, 5) is 38.6. The molecule has 0 radical (unpaired) electrons. The summed E-state index contributed by atoms with van der Waals surface area (Å²) in [6.45, 7) is 4.06. The van der Waals surface area contributed by atoms with Gasteiger partial charge in [0.15, 0.2) is 17.1 Å². The number of esters is 1. The predicted octanol–water partition coefficient (Wildman–Crippen LogP) is 2.36. The van der Waals surface area contributed by atoms with Crippen LogP contribution in [0.5, 0.6) is 0 Å². The number of hydrogen-bond donors (Lipinski definition) is 3. The van der Waals surface area contributed by atoms with Crippen molar-refractivity contribution in [1.82, 2.24) is 0 Å². The molecule has 3 saturated carbocycles. The fraction of sp³-hybridized carbons (Fsp3) is 0.552. The van der Waals surface area contributed by atoms with Gasteiger partial charge in [0.25, 0.3) is 10.1 Å². The summed E-state index contributed by atoms with van der Waals surface area (Å²) in [6.07, 6.45) is 3.39. The molecule has 0 spiro atoms. The van der Waals surface area contributed by atoms with Crippen LogP contribution in [0.25, 0.3) is 0 Å².